The zero-order valence-electron chi connectivity index (χ0n) is 18.4. The van der Waals surface area contributed by atoms with Crippen LogP contribution in [0.3, 0.4) is 0 Å². The summed E-state index contributed by atoms with van der Waals surface area (Å²) >= 11 is 0. The van der Waals surface area contributed by atoms with E-state index in [2.05, 4.69) is 21.4 Å². The number of hydrogen-bond acceptors (Lipinski definition) is 3. The monoisotopic (exact) mass is 452 g/mol. The molecule has 0 saturated carbocycles. The third-order valence-corrected chi connectivity index (χ3v) is 6.04. The standard InChI is InChI=1S/C27H24N4O3/c32-26(13-10-19-16-28-22-9-5-4-8-21(19)22)30-20-11-12-23-25(14-20)31(17-29-23)24(15-27(33)34)18-6-2-1-3-7-18/h1-9,11-12,14,16-17,24,28H,10,13,15H2,(H,30,32)(H,33,34). The first-order valence-electron chi connectivity index (χ1n) is 11.2. The number of aryl methyl sites for hydroxylation is 1. The number of aliphatic carboxylic acids is 1. The van der Waals surface area contributed by atoms with Crippen LogP contribution in [0.5, 0.6) is 0 Å². The van der Waals surface area contributed by atoms with Gasteiger partial charge in [0.05, 0.1) is 29.8 Å². The number of aromatic amines is 1. The highest BCUT2D eigenvalue weighted by Crippen LogP contribution is 2.28. The number of carbonyl (C=O) groups excluding carboxylic acids is 1. The van der Waals surface area contributed by atoms with Gasteiger partial charge >= 0.3 is 5.97 Å². The molecular formula is C27H24N4O3. The first kappa shape index (κ1) is 21.5. The SMILES string of the molecule is O=C(O)CC(c1ccccc1)n1cnc2ccc(NC(=O)CCc3c[nH]c4ccccc34)cc21. The fraction of sp³-hybridized carbons (Fsp3) is 0.148. The maximum atomic E-state index is 12.7. The number of carbonyl (C=O) groups is 2. The van der Waals surface area contributed by atoms with Crippen molar-refractivity contribution in [3.8, 4) is 0 Å². The van der Waals surface area contributed by atoms with Crippen molar-refractivity contribution in [2.45, 2.75) is 25.3 Å². The number of aromatic nitrogens is 3. The third-order valence-electron chi connectivity index (χ3n) is 6.04. The van der Waals surface area contributed by atoms with Crippen LogP contribution >= 0.6 is 0 Å². The van der Waals surface area contributed by atoms with E-state index in [-0.39, 0.29) is 12.3 Å². The minimum atomic E-state index is -0.891. The second-order valence-corrected chi connectivity index (χ2v) is 8.29. The number of fused-ring (bicyclic) bond motifs is 2. The highest BCUT2D eigenvalue weighted by molar-refractivity contribution is 5.93. The highest BCUT2D eigenvalue weighted by atomic mass is 16.4. The van der Waals surface area contributed by atoms with Crippen LogP contribution in [0.15, 0.2) is 85.3 Å². The van der Waals surface area contributed by atoms with Crippen molar-refractivity contribution in [3.05, 3.63) is 96.4 Å². The zero-order valence-corrected chi connectivity index (χ0v) is 18.4. The smallest absolute Gasteiger partial charge is 0.305 e. The normalized spacial score (nSPS) is 12.1. The summed E-state index contributed by atoms with van der Waals surface area (Å²) in [6.45, 7) is 0. The van der Waals surface area contributed by atoms with Gasteiger partial charge < -0.3 is 20.0 Å². The van der Waals surface area contributed by atoms with Gasteiger partial charge in [-0.25, -0.2) is 4.98 Å². The number of rotatable bonds is 8. The molecule has 7 heteroatoms. The molecule has 5 rings (SSSR count). The van der Waals surface area contributed by atoms with Gasteiger partial charge in [-0.1, -0.05) is 48.5 Å². The highest BCUT2D eigenvalue weighted by Gasteiger charge is 2.20. The largest absolute Gasteiger partial charge is 0.481 e. The molecule has 0 radical (unpaired) electrons. The Morgan fingerprint density at radius 3 is 2.65 bits per heavy atom. The van der Waals surface area contributed by atoms with Gasteiger partial charge in [0, 0.05) is 29.2 Å². The summed E-state index contributed by atoms with van der Waals surface area (Å²) in [7, 11) is 0. The van der Waals surface area contributed by atoms with E-state index in [0.29, 0.717) is 18.5 Å². The third kappa shape index (κ3) is 4.41. The Hall–Kier alpha value is -4.39. The molecule has 7 nitrogen and oxygen atoms in total. The second-order valence-electron chi connectivity index (χ2n) is 8.29. The van der Waals surface area contributed by atoms with Gasteiger partial charge in [0.1, 0.15) is 0 Å². The van der Waals surface area contributed by atoms with Crippen LogP contribution in [0.25, 0.3) is 21.9 Å². The van der Waals surface area contributed by atoms with E-state index in [1.165, 1.54) is 0 Å². The lowest BCUT2D eigenvalue weighted by molar-refractivity contribution is -0.137. The Labute approximate surface area is 196 Å². The van der Waals surface area contributed by atoms with E-state index in [0.717, 1.165) is 33.1 Å². The zero-order chi connectivity index (χ0) is 23.5. The molecule has 0 saturated heterocycles. The molecule has 0 spiro atoms. The maximum absolute atomic E-state index is 12.7. The lowest BCUT2D eigenvalue weighted by Crippen LogP contribution is -2.15. The van der Waals surface area contributed by atoms with E-state index in [9.17, 15) is 14.7 Å². The van der Waals surface area contributed by atoms with Crippen molar-refractivity contribution >= 4 is 39.5 Å². The molecule has 1 atom stereocenters. The molecule has 0 aliphatic rings. The second kappa shape index (κ2) is 9.23. The van der Waals surface area contributed by atoms with E-state index in [1.54, 1.807) is 6.33 Å². The molecule has 34 heavy (non-hydrogen) atoms. The van der Waals surface area contributed by atoms with Crippen LogP contribution in [0, 0.1) is 0 Å². The van der Waals surface area contributed by atoms with Gasteiger partial charge in [0.25, 0.3) is 0 Å². The number of carboxylic acids is 1. The number of anilines is 1. The maximum Gasteiger partial charge on any atom is 0.305 e. The predicted molar refractivity (Wildman–Crippen MR) is 132 cm³/mol. The van der Waals surface area contributed by atoms with Gasteiger partial charge in [-0.2, -0.15) is 0 Å². The molecule has 1 unspecified atom stereocenters. The van der Waals surface area contributed by atoms with Crippen molar-refractivity contribution < 1.29 is 14.7 Å². The number of benzene rings is 3. The van der Waals surface area contributed by atoms with Crippen molar-refractivity contribution in [1.29, 1.82) is 0 Å². The van der Waals surface area contributed by atoms with Gasteiger partial charge in [-0.15, -0.1) is 0 Å². The molecule has 3 N–H and O–H groups in total. The Bertz CT molecular complexity index is 1470. The molecule has 0 aliphatic heterocycles. The fourth-order valence-corrected chi connectivity index (χ4v) is 4.38. The molecule has 0 bridgehead atoms. The molecule has 5 aromatic rings. The summed E-state index contributed by atoms with van der Waals surface area (Å²) in [6.07, 6.45) is 4.52. The van der Waals surface area contributed by atoms with Crippen LogP contribution in [-0.2, 0) is 16.0 Å². The van der Waals surface area contributed by atoms with Crippen LogP contribution in [0.1, 0.15) is 30.0 Å². The summed E-state index contributed by atoms with van der Waals surface area (Å²) in [5, 5.41) is 13.6. The van der Waals surface area contributed by atoms with E-state index in [1.807, 2.05) is 77.5 Å². The summed E-state index contributed by atoms with van der Waals surface area (Å²) in [5.74, 6) is -0.974. The Morgan fingerprint density at radius 2 is 1.82 bits per heavy atom. The minimum Gasteiger partial charge on any atom is -0.481 e. The topological polar surface area (TPSA) is 100 Å². The fourth-order valence-electron chi connectivity index (χ4n) is 4.38. The van der Waals surface area contributed by atoms with Crippen LogP contribution in [-0.4, -0.2) is 31.5 Å². The van der Waals surface area contributed by atoms with Crippen LogP contribution in [0.2, 0.25) is 0 Å². The average Bonchev–Trinajstić information content (AvgIpc) is 3.45. The number of carboxylic acid groups (broad SMARTS) is 1. The average molecular weight is 453 g/mol. The van der Waals surface area contributed by atoms with Gasteiger partial charge in [0.2, 0.25) is 5.91 Å². The molecule has 1 amide bonds. The number of H-pyrrole nitrogens is 1. The molecule has 2 aromatic heterocycles. The Balaban J connectivity index is 1.36. The first-order chi connectivity index (χ1) is 16.6. The molecule has 3 aromatic carbocycles. The first-order valence-corrected chi connectivity index (χ1v) is 11.2. The number of nitrogens with zero attached hydrogens (tertiary/aromatic N) is 2. The molecule has 0 fully saturated rings. The van der Waals surface area contributed by atoms with Gasteiger partial charge in [0.15, 0.2) is 0 Å². The van der Waals surface area contributed by atoms with Crippen molar-refractivity contribution in [2.75, 3.05) is 5.32 Å². The Morgan fingerprint density at radius 1 is 1.03 bits per heavy atom. The summed E-state index contributed by atoms with van der Waals surface area (Å²) < 4.78 is 1.86. The minimum absolute atomic E-state index is 0.0727. The van der Waals surface area contributed by atoms with Crippen molar-refractivity contribution in [3.63, 3.8) is 0 Å². The van der Waals surface area contributed by atoms with Gasteiger partial charge in [-0.05, 0) is 41.8 Å². The number of para-hydroxylation sites is 1. The van der Waals surface area contributed by atoms with Gasteiger partial charge in [-0.3, -0.25) is 9.59 Å². The summed E-state index contributed by atoms with van der Waals surface area (Å²) in [6, 6.07) is 22.6. The number of imidazole rings is 1. The molecular weight excluding hydrogens is 428 g/mol. The number of amides is 1. The predicted octanol–water partition coefficient (Wildman–Crippen LogP) is 5.15. The quantitative estimate of drug-likeness (QED) is 0.303. The van der Waals surface area contributed by atoms with Crippen LogP contribution in [0.4, 0.5) is 5.69 Å². The van der Waals surface area contributed by atoms with Crippen molar-refractivity contribution in [1.82, 2.24) is 14.5 Å². The summed E-state index contributed by atoms with van der Waals surface area (Å²) in [4.78, 5) is 32.0. The van der Waals surface area contributed by atoms with Crippen molar-refractivity contribution in [2.24, 2.45) is 0 Å². The number of nitrogens with one attached hydrogen (secondary N) is 2. The summed E-state index contributed by atoms with van der Waals surface area (Å²) in [5.41, 5.74) is 5.22. The lowest BCUT2D eigenvalue weighted by atomic mass is 10.0. The van der Waals surface area contributed by atoms with E-state index in [4.69, 9.17) is 0 Å². The lowest BCUT2D eigenvalue weighted by Gasteiger charge is -2.18. The Kier molecular flexibility index (Phi) is 5.82. The van der Waals surface area contributed by atoms with Crippen LogP contribution < -0.4 is 5.32 Å². The molecule has 2 heterocycles. The molecule has 0 aliphatic carbocycles. The number of hydrogen-bond donors (Lipinski definition) is 3. The van der Waals surface area contributed by atoms with E-state index >= 15 is 0 Å². The van der Waals surface area contributed by atoms with E-state index < -0.39 is 12.0 Å². The molecule has 170 valence electrons.